The average Bonchev–Trinajstić information content (AvgIpc) is 3.29. The molecule has 1 aliphatic rings. The number of pyridine rings is 1. The highest BCUT2D eigenvalue weighted by molar-refractivity contribution is 5.95. The number of benzene rings is 1. The molecule has 0 bridgehead atoms. The van der Waals surface area contributed by atoms with Gasteiger partial charge in [0.2, 0.25) is 0 Å². The average molecular weight is 420 g/mol. The Bertz CT molecular complexity index is 1080. The van der Waals surface area contributed by atoms with Crippen LogP contribution in [-0.4, -0.2) is 33.3 Å². The van der Waals surface area contributed by atoms with Gasteiger partial charge in [0.25, 0.3) is 11.5 Å². The topological polar surface area (TPSA) is 81.0 Å². The predicted octanol–water partition coefficient (Wildman–Crippen LogP) is 2.33. The van der Waals surface area contributed by atoms with Crippen molar-refractivity contribution >= 4 is 5.91 Å². The molecule has 3 aromatic rings. The second-order valence-electron chi connectivity index (χ2n) is 8.20. The van der Waals surface area contributed by atoms with Gasteiger partial charge < -0.3 is 15.2 Å². The van der Waals surface area contributed by atoms with E-state index in [1.54, 1.807) is 10.8 Å². The van der Waals surface area contributed by atoms with Crippen LogP contribution in [-0.2, 0) is 19.6 Å². The number of hydrogen-bond donors (Lipinski definition) is 2. The molecule has 4 rings (SSSR count). The quantitative estimate of drug-likeness (QED) is 0.616. The van der Waals surface area contributed by atoms with Gasteiger partial charge in [-0.2, -0.15) is 5.10 Å². The van der Waals surface area contributed by atoms with Crippen LogP contribution in [0.4, 0.5) is 0 Å². The lowest BCUT2D eigenvalue weighted by Gasteiger charge is -2.23. The summed E-state index contributed by atoms with van der Waals surface area (Å²) < 4.78 is 3.53. The molecule has 0 radical (unpaired) electrons. The van der Waals surface area contributed by atoms with Crippen molar-refractivity contribution in [2.75, 3.05) is 13.1 Å². The summed E-state index contributed by atoms with van der Waals surface area (Å²) in [7, 11) is 0. The van der Waals surface area contributed by atoms with Crippen LogP contribution in [0, 0.1) is 12.8 Å². The van der Waals surface area contributed by atoms with Crippen LogP contribution in [0.25, 0.3) is 0 Å². The molecule has 1 saturated heterocycles. The van der Waals surface area contributed by atoms with Crippen LogP contribution < -0.4 is 16.2 Å². The van der Waals surface area contributed by atoms with E-state index in [2.05, 4.69) is 15.7 Å². The molecule has 0 spiro atoms. The van der Waals surface area contributed by atoms with Crippen LogP contribution in [0.15, 0.2) is 59.8 Å². The molecule has 1 fully saturated rings. The first-order valence-electron chi connectivity index (χ1n) is 10.8. The van der Waals surface area contributed by atoms with Crippen molar-refractivity contribution in [2.24, 2.45) is 5.92 Å². The molecule has 1 amide bonds. The Kier molecular flexibility index (Phi) is 6.62. The van der Waals surface area contributed by atoms with Crippen molar-refractivity contribution in [3.8, 4) is 0 Å². The van der Waals surface area contributed by atoms with Crippen molar-refractivity contribution in [1.82, 2.24) is 25.0 Å². The van der Waals surface area contributed by atoms with E-state index in [4.69, 9.17) is 0 Å². The normalized spacial score (nSPS) is 16.2. The third-order valence-corrected chi connectivity index (χ3v) is 5.90. The van der Waals surface area contributed by atoms with E-state index in [-0.39, 0.29) is 17.0 Å². The smallest absolute Gasteiger partial charge is 0.263 e. The number of amides is 1. The fourth-order valence-corrected chi connectivity index (χ4v) is 4.16. The summed E-state index contributed by atoms with van der Waals surface area (Å²) in [5.41, 5.74) is 2.81. The van der Waals surface area contributed by atoms with E-state index < -0.39 is 0 Å². The molecule has 1 aromatic carbocycles. The molecule has 7 nitrogen and oxygen atoms in total. The fourth-order valence-electron chi connectivity index (χ4n) is 4.16. The van der Waals surface area contributed by atoms with Gasteiger partial charge in [0.1, 0.15) is 5.56 Å². The van der Waals surface area contributed by atoms with Crippen molar-refractivity contribution in [1.29, 1.82) is 0 Å². The molecule has 162 valence electrons. The van der Waals surface area contributed by atoms with E-state index in [9.17, 15) is 9.59 Å². The van der Waals surface area contributed by atoms with Crippen molar-refractivity contribution in [3.05, 3.63) is 87.6 Å². The number of aryl methyl sites for hydroxylation is 1. The lowest BCUT2D eigenvalue weighted by atomic mass is 9.99. The summed E-state index contributed by atoms with van der Waals surface area (Å²) in [4.78, 5) is 26.0. The van der Waals surface area contributed by atoms with E-state index in [0.29, 0.717) is 31.1 Å². The summed E-state index contributed by atoms with van der Waals surface area (Å²) in [5.74, 6) is 0.0896. The van der Waals surface area contributed by atoms with Crippen molar-refractivity contribution < 1.29 is 4.79 Å². The van der Waals surface area contributed by atoms with Gasteiger partial charge >= 0.3 is 0 Å². The summed E-state index contributed by atoms with van der Waals surface area (Å²) in [6.45, 7) is 5.39. The fraction of sp³-hybridized carbons (Fsp3) is 0.375. The monoisotopic (exact) mass is 419 g/mol. The third-order valence-electron chi connectivity index (χ3n) is 5.90. The molecule has 2 aromatic heterocycles. The number of hydrogen-bond acceptors (Lipinski definition) is 4. The van der Waals surface area contributed by atoms with Crippen LogP contribution in [0.2, 0.25) is 0 Å². The largest absolute Gasteiger partial charge is 0.348 e. The predicted molar refractivity (Wildman–Crippen MR) is 120 cm³/mol. The minimum Gasteiger partial charge on any atom is -0.348 e. The zero-order valence-corrected chi connectivity index (χ0v) is 17.9. The first-order valence-corrected chi connectivity index (χ1v) is 10.8. The Labute approximate surface area is 182 Å². The number of rotatable bonds is 7. The SMILES string of the molecule is Cc1ccn(CC2CCCNC2)c(=O)c1C(=O)NCc1ccccc1Cn1cccn1. The Morgan fingerprint density at radius 3 is 2.77 bits per heavy atom. The Morgan fingerprint density at radius 1 is 1.19 bits per heavy atom. The highest BCUT2D eigenvalue weighted by Gasteiger charge is 2.19. The van der Waals surface area contributed by atoms with Gasteiger partial charge in [0, 0.05) is 31.7 Å². The number of carbonyl (C=O) groups excluding carboxylic acids is 1. The van der Waals surface area contributed by atoms with Crippen molar-refractivity contribution in [3.63, 3.8) is 0 Å². The molecule has 2 N–H and O–H groups in total. The van der Waals surface area contributed by atoms with Gasteiger partial charge in [0.05, 0.1) is 6.54 Å². The van der Waals surface area contributed by atoms with Gasteiger partial charge in [-0.1, -0.05) is 24.3 Å². The van der Waals surface area contributed by atoms with Gasteiger partial charge in [-0.15, -0.1) is 0 Å². The maximum Gasteiger partial charge on any atom is 0.263 e. The molecule has 1 aliphatic heterocycles. The molecule has 1 unspecified atom stereocenters. The lowest BCUT2D eigenvalue weighted by Crippen LogP contribution is -2.38. The third kappa shape index (κ3) is 5.11. The molecule has 3 heterocycles. The Hall–Kier alpha value is -3.19. The number of carbonyl (C=O) groups is 1. The molecular formula is C24H29N5O2. The lowest BCUT2D eigenvalue weighted by molar-refractivity contribution is 0.0948. The second-order valence-corrected chi connectivity index (χ2v) is 8.20. The highest BCUT2D eigenvalue weighted by atomic mass is 16.2. The molecule has 7 heteroatoms. The van der Waals surface area contributed by atoms with Gasteiger partial charge in [-0.3, -0.25) is 14.3 Å². The zero-order chi connectivity index (χ0) is 21.6. The molecule has 0 saturated carbocycles. The highest BCUT2D eigenvalue weighted by Crippen LogP contribution is 2.13. The van der Waals surface area contributed by atoms with Crippen LogP contribution in [0.3, 0.4) is 0 Å². The van der Waals surface area contributed by atoms with Gasteiger partial charge in [-0.05, 0) is 67.6 Å². The first-order chi connectivity index (χ1) is 15.1. The number of nitrogens with one attached hydrogen (secondary N) is 2. The molecule has 1 atom stereocenters. The van der Waals surface area contributed by atoms with E-state index >= 15 is 0 Å². The van der Waals surface area contributed by atoms with E-state index in [1.165, 1.54) is 0 Å². The van der Waals surface area contributed by atoms with Crippen LogP contribution in [0.5, 0.6) is 0 Å². The van der Waals surface area contributed by atoms with E-state index in [0.717, 1.165) is 37.1 Å². The second kappa shape index (κ2) is 9.75. The molecule has 31 heavy (non-hydrogen) atoms. The van der Waals surface area contributed by atoms with Crippen molar-refractivity contribution in [2.45, 2.75) is 39.4 Å². The number of nitrogens with zero attached hydrogens (tertiary/aromatic N) is 3. The molecular weight excluding hydrogens is 390 g/mol. The Balaban J connectivity index is 1.48. The Morgan fingerprint density at radius 2 is 2.03 bits per heavy atom. The first kappa shape index (κ1) is 21.1. The standard InChI is InChI=1S/C24H29N5O2/c1-18-9-13-28(16-19-6-4-10-25-14-19)24(31)22(18)23(30)26-15-20-7-2-3-8-21(20)17-29-12-5-11-27-29/h2-3,5,7-9,11-13,19,25H,4,6,10,14-17H2,1H3,(H,26,30). The number of piperidine rings is 1. The zero-order valence-electron chi connectivity index (χ0n) is 17.9. The summed E-state index contributed by atoms with van der Waals surface area (Å²) >= 11 is 0. The maximum atomic E-state index is 13.1. The van der Waals surface area contributed by atoms with Crippen LogP contribution >= 0.6 is 0 Å². The number of aromatic nitrogens is 3. The summed E-state index contributed by atoms with van der Waals surface area (Å²) in [5, 5.41) is 10.6. The van der Waals surface area contributed by atoms with Crippen LogP contribution in [0.1, 0.15) is 39.9 Å². The van der Waals surface area contributed by atoms with E-state index in [1.807, 2.05) is 60.4 Å². The molecule has 0 aliphatic carbocycles. The maximum absolute atomic E-state index is 13.1. The minimum absolute atomic E-state index is 0.215. The van der Waals surface area contributed by atoms with Gasteiger partial charge in [-0.25, -0.2) is 0 Å². The summed E-state index contributed by atoms with van der Waals surface area (Å²) in [6, 6.07) is 11.7. The minimum atomic E-state index is -0.326. The summed E-state index contributed by atoms with van der Waals surface area (Å²) in [6.07, 6.45) is 7.69. The van der Waals surface area contributed by atoms with Gasteiger partial charge in [0.15, 0.2) is 0 Å².